The zero-order chi connectivity index (χ0) is 12.1. The van der Waals surface area contributed by atoms with E-state index in [1.54, 1.807) is 42.7 Å². The predicted molar refractivity (Wildman–Crippen MR) is 63.6 cm³/mol. The molecule has 4 nitrogen and oxygen atoms in total. The Labute approximate surface area is 99.9 Å². The number of hydrogen-bond donors (Lipinski definition) is 0. The van der Waals surface area contributed by atoms with Crippen LogP contribution >= 0.6 is 0 Å². The Morgan fingerprint density at radius 1 is 1.35 bits per heavy atom. The van der Waals surface area contributed by atoms with Crippen LogP contribution in [0.1, 0.15) is 16.1 Å². The van der Waals surface area contributed by atoms with Gasteiger partial charge in [0.2, 0.25) is 0 Å². The van der Waals surface area contributed by atoms with Gasteiger partial charge in [-0.2, -0.15) is 0 Å². The van der Waals surface area contributed by atoms with Gasteiger partial charge in [0.15, 0.2) is 0 Å². The van der Waals surface area contributed by atoms with Crippen molar-refractivity contribution >= 4 is 5.91 Å². The van der Waals surface area contributed by atoms with Crippen LogP contribution in [0.4, 0.5) is 0 Å². The van der Waals surface area contributed by atoms with E-state index in [2.05, 4.69) is 4.98 Å². The second kappa shape index (κ2) is 5.30. The van der Waals surface area contributed by atoms with E-state index >= 15 is 0 Å². The lowest BCUT2D eigenvalue weighted by Gasteiger charge is -2.16. The third kappa shape index (κ3) is 2.93. The van der Waals surface area contributed by atoms with Gasteiger partial charge in [0, 0.05) is 38.0 Å². The second-order valence-corrected chi connectivity index (χ2v) is 3.79. The topological polar surface area (TPSA) is 46.3 Å². The van der Waals surface area contributed by atoms with Crippen LogP contribution in [-0.2, 0) is 6.42 Å². The normalized spacial score (nSPS) is 10.2. The highest BCUT2D eigenvalue weighted by atomic mass is 16.3. The van der Waals surface area contributed by atoms with Crippen molar-refractivity contribution in [1.82, 2.24) is 9.88 Å². The molecule has 17 heavy (non-hydrogen) atoms. The van der Waals surface area contributed by atoms with Gasteiger partial charge in [0.25, 0.3) is 5.91 Å². The van der Waals surface area contributed by atoms with Crippen LogP contribution in [0.5, 0.6) is 0 Å². The molecule has 0 radical (unpaired) electrons. The number of carbonyl (C=O) groups excluding carboxylic acids is 1. The maximum Gasteiger partial charge on any atom is 0.253 e. The largest absolute Gasteiger partial charge is 0.469 e. The van der Waals surface area contributed by atoms with Crippen molar-refractivity contribution in [3.63, 3.8) is 0 Å². The summed E-state index contributed by atoms with van der Waals surface area (Å²) in [6.07, 6.45) is 5.60. The molecule has 0 aliphatic rings. The number of likely N-dealkylation sites (N-methyl/N-ethyl adjacent to an activating group) is 1. The summed E-state index contributed by atoms with van der Waals surface area (Å²) in [5, 5.41) is 0. The minimum absolute atomic E-state index is 0.000967. The summed E-state index contributed by atoms with van der Waals surface area (Å²) in [6, 6.07) is 7.18. The summed E-state index contributed by atoms with van der Waals surface area (Å²) >= 11 is 0. The molecular formula is C13H14N2O2. The average molecular weight is 230 g/mol. The Bertz CT molecular complexity index is 465. The molecule has 0 aliphatic carbocycles. The van der Waals surface area contributed by atoms with Crippen molar-refractivity contribution in [3.8, 4) is 0 Å². The van der Waals surface area contributed by atoms with Crippen molar-refractivity contribution in [2.45, 2.75) is 6.42 Å². The van der Waals surface area contributed by atoms with Crippen molar-refractivity contribution in [2.75, 3.05) is 13.6 Å². The number of hydrogen-bond acceptors (Lipinski definition) is 3. The van der Waals surface area contributed by atoms with Gasteiger partial charge in [-0.25, -0.2) is 0 Å². The van der Waals surface area contributed by atoms with Crippen LogP contribution in [-0.4, -0.2) is 29.4 Å². The van der Waals surface area contributed by atoms with Crippen molar-refractivity contribution in [3.05, 3.63) is 54.2 Å². The number of nitrogens with zero attached hydrogens (tertiary/aromatic N) is 2. The maximum absolute atomic E-state index is 12.0. The number of aromatic nitrogens is 1. The first kappa shape index (κ1) is 11.4. The van der Waals surface area contributed by atoms with E-state index < -0.39 is 0 Å². The summed E-state index contributed by atoms with van der Waals surface area (Å²) in [6.45, 7) is 0.634. The standard InChI is InChI=1S/C13H14N2O2/c1-15(9-6-12-3-2-10-17-12)13(16)11-4-7-14-8-5-11/h2-5,7-8,10H,6,9H2,1H3. The molecule has 0 bridgehead atoms. The van der Waals surface area contributed by atoms with E-state index in [9.17, 15) is 4.79 Å². The minimum atomic E-state index is -0.000967. The highest BCUT2D eigenvalue weighted by molar-refractivity contribution is 5.93. The third-order valence-corrected chi connectivity index (χ3v) is 2.55. The third-order valence-electron chi connectivity index (χ3n) is 2.55. The molecule has 2 aromatic rings. The highest BCUT2D eigenvalue weighted by Crippen LogP contribution is 2.05. The van der Waals surface area contributed by atoms with Gasteiger partial charge in [-0.05, 0) is 24.3 Å². The van der Waals surface area contributed by atoms with Crippen LogP contribution in [0.2, 0.25) is 0 Å². The Balaban J connectivity index is 1.92. The highest BCUT2D eigenvalue weighted by Gasteiger charge is 2.11. The molecule has 1 amide bonds. The first-order valence-corrected chi connectivity index (χ1v) is 5.45. The molecule has 0 saturated heterocycles. The Morgan fingerprint density at radius 3 is 2.76 bits per heavy atom. The molecule has 0 saturated carbocycles. The molecule has 2 heterocycles. The van der Waals surface area contributed by atoms with Gasteiger partial charge < -0.3 is 9.32 Å². The van der Waals surface area contributed by atoms with Crippen LogP contribution in [0.15, 0.2) is 47.3 Å². The van der Waals surface area contributed by atoms with Crippen molar-refractivity contribution < 1.29 is 9.21 Å². The van der Waals surface area contributed by atoms with E-state index in [-0.39, 0.29) is 5.91 Å². The minimum Gasteiger partial charge on any atom is -0.469 e. The van der Waals surface area contributed by atoms with Crippen LogP contribution in [0, 0.1) is 0 Å². The first-order valence-electron chi connectivity index (χ1n) is 5.45. The second-order valence-electron chi connectivity index (χ2n) is 3.79. The Hall–Kier alpha value is -2.10. The summed E-state index contributed by atoms with van der Waals surface area (Å²) in [4.78, 5) is 17.5. The molecule has 4 heteroatoms. The Morgan fingerprint density at radius 2 is 2.12 bits per heavy atom. The number of furan rings is 1. The van der Waals surface area contributed by atoms with E-state index in [4.69, 9.17) is 4.42 Å². The van der Waals surface area contributed by atoms with E-state index in [1.807, 2.05) is 12.1 Å². The molecule has 0 fully saturated rings. The van der Waals surface area contributed by atoms with Crippen LogP contribution < -0.4 is 0 Å². The van der Waals surface area contributed by atoms with Crippen molar-refractivity contribution in [2.24, 2.45) is 0 Å². The zero-order valence-corrected chi connectivity index (χ0v) is 9.67. The van der Waals surface area contributed by atoms with Gasteiger partial charge >= 0.3 is 0 Å². The molecule has 0 spiro atoms. The molecule has 88 valence electrons. The SMILES string of the molecule is CN(CCc1ccco1)C(=O)c1ccncc1. The molecule has 0 aromatic carbocycles. The van der Waals surface area contributed by atoms with Gasteiger partial charge in [-0.15, -0.1) is 0 Å². The van der Waals surface area contributed by atoms with E-state index in [0.717, 1.165) is 12.2 Å². The molecular weight excluding hydrogens is 216 g/mol. The zero-order valence-electron chi connectivity index (χ0n) is 9.67. The molecule has 0 unspecified atom stereocenters. The first-order chi connectivity index (χ1) is 8.27. The summed E-state index contributed by atoms with van der Waals surface area (Å²) < 4.78 is 5.22. The maximum atomic E-state index is 12.0. The number of carbonyl (C=O) groups is 1. The van der Waals surface area contributed by atoms with E-state index in [0.29, 0.717) is 12.1 Å². The molecule has 0 N–H and O–H groups in total. The number of pyridine rings is 1. The molecule has 2 rings (SSSR count). The summed E-state index contributed by atoms with van der Waals surface area (Å²) in [5.41, 5.74) is 0.655. The monoisotopic (exact) mass is 230 g/mol. The van der Waals surface area contributed by atoms with Gasteiger partial charge in [-0.3, -0.25) is 9.78 Å². The van der Waals surface area contributed by atoms with Gasteiger partial charge in [0.1, 0.15) is 5.76 Å². The fraction of sp³-hybridized carbons (Fsp3) is 0.231. The van der Waals surface area contributed by atoms with Gasteiger partial charge in [-0.1, -0.05) is 0 Å². The lowest BCUT2D eigenvalue weighted by molar-refractivity contribution is 0.0795. The number of amides is 1. The molecule has 0 aliphatic heterocycles. The van der Waals surface area contributed by atoms with Crippen LogP contribution in [0.3, 0.4) is 0 Å². The molecule has 0 atom stereocenters. The predicted octanol–water partition coefficient (Wildman–Crippen LogP) is 1.99. The molecule has 2 aromatic heterocycles. The Kier molecular flexibility index (Phi) is 3.55. The lowest BCUT2D eigenvalue weighted by Crippen LogP contribution is -2.28. The quantitative estimate of drug-likeness (QED) is 0.807. The summed E-state index contributed by atoms with van der Waals surface area (Å²) in [7, 11) is 1.78. The number of rotatable bonds is 4. The fourth-order valence-electron chi connectivity index (χ4n) is 1.55. The fourth-order valence-corrected chi connectivity index (χ4v) is 1.55. The van der Waals surface area contributed by atoms with E-state index in [1.165, 1.54) is 0 Å². The smallest absolute Gasteiger partial charge is 0.253 e. The lowest BCUT2D eigenvalue weighted by atomic mass is 10.2. The summed E-state index contributed by atoms with van der Waals surface area (Å²) in [5.74, 6) is 0.887. The van der Waals surface area contributed by atoms with Crippen LogP contribution in [0.25, 0.3) is 0 Å². The average Bonchev–Trinajstić information content (AvgIpc) is 2.89. The van der Waals surface area contributed by atoms with Gasteiger partial charge in [0.05, 0.1) is 6.26 Å². The van der Waals surface area contributed by atoms with Crippen molar-refractivity contribution in [1.29, 1.82) is 0 Å².